The number of ether oxygens (including phenoxy) is 3. The van der Waals surface area contributed by atoms with Crippen LogP contribution in [0.15, 0.2) is 47.4 Å². The van der Waals surface area contributed by atoms with Gasteiger partial charge in [-0.15, -0.1) is 0 Å². The summed E-state index contributed by atoms with van der Waals surface area (Å²) in [5, 5.41) is 7.99. The minimum absolute atomic E-state index is 0.0529. The van der Waals surface area contributed by atoms with Gasteiger partial charge in [0.1, 0.15) is 10.6 Å². The summed E-state index contributed by atoms with van der Waals surface area (Å²) in [6.07, 6.45) is 1.19. The second-order valence-corrected chi connectivity index (χ2v) is 7.68. The lowest BCUT2D eigenvalue weighted by molar-refractivity contribution is -0.123. The fourth-order valence-electron chi connectivity index (χ4n) is 2.66. The summed E-state index contributed by atoms with van der Waals surface area (Å²) in [7, 11) is -2.49. The van der Waals surface area contributed by atoms with Gasteiger partial charge in [-0.25, -0.2) is 13.6 Å². The molecule has 2 aromatic rings. The van der Waals surface area contributed by atoms with Crippen LogP contribution >= 0.6 is 0 Å². The van der Waals surface area contributed by atoms with E-state index in [1.54, 1.807) is 30.3 Å². The lowest BCUT2D eigenvalue weighted by Gasteiger charge is -2.12. The zero-order valence-electron chi connectivity index (χ0n) is 16.5. The highest BCUT2D eigenvalue weighted by Crippen LogP contribution is 2.26. The van der Waals surface area contributed by atoms with Gasteiger partial charge in [0.25, 0.3) is 5.91 Å². The van der Waals surface area contributed by atoms with Gasteiger partial charge in [0.15, 0.2) is 18.1 Å². The van der Waals surface area contributed by atoms with Crippen molar-refractivity contribution in [2.45, 2.75) is 24.7 Å². The number of benzene rings is 2. The van der Waals surface area contributed by atoms with Crippen LogP contribution < -0.4 is 24.7 Å². The Bertz CT molecular complexity index is 930. The molecule has 29 heavy (non-hydrogen) atoms. The Hall–Kier alpha value is -2.78. The summed E-state index contributed by atoms with van der Waals surface area (Å²) >= 11 is 0. The Labute approximate surface area is 171 Å². The maximum Gasteiger partial charge on any atom is 0.257 e. The first-order valence-electron chi connectivity index (χ1n) is 9.16. The SMILES string of the molecule is CCOc1ccccc1OCC(=O)NCCCc1ccc(OC)c(S(N)(=O)=O)c1. The van der Waals surface area contributed by atoms with E-state index in [4.69, 9.17) is 19.3 Å². The number of sulfonamides is 1. The van der Waals surface area contributed by atoms with Crippen molar-refractivity contribution in [3.63, 3.8) is 0 Å². The fourth-order valence-corrected chi connectivity index (χ4v) is 3.41. The first-order chi connectivity index (χ1) is 13.8. The maximum atomic E-state index is 12.0. The molecular formula is C20H26N2O6S. The first kappa shape index (κ1) is 22.5. The monoisotopic (exact) mass is 422 g/mol. The topological polar surface area (TPSA) is 117 Å². The van der Waals surface area contributed by atoms with Gasteiger partial charge in [0.05, 0.1) is 13.7 Å². The molecule has 9 heteroatoms. The number of carbonyl (C=O) groups is 1. The van der Waals surface area contributed by atoms with Crippen LogP contribution in [0.4, 0.5) is 0 Å². The minimum Gasteiger partial charge on any atom is -0.495 e. The van der Waals surface area contributed by atoms with Crippen molar-refractivity contribution in [1.82, 2.24) is 5.32 Å². The van der Waals surface area contributed by atoms with Gasteiger partial charge in [0, 0.05) is 6.54 Å². The molecule has 1 amide bonds. The molecule has 0 aliphatic heterocycles. The lowest BCUT2D eigenvalue weighted by Crippen LogP contribution is -2.30. The summed E-state index contributed by atoms with van der Waals surface area (Å²) in [6.45, 7) is 2.68. The highest BCUT2D eigenvalue weighted by atomic mass is 32.2. The molecule has 0 atom stereocenters. The van der Waals surface area contributed by atoms with Gasteiger partial charge >= 0.3 is 0 Å². The van der Waals surface area contributed by atoms with Crippen molar-refractivity contribution >= 4 is 15.9 Å². The molecule has 0 heterocycles. The number of para-hydroxylation sites is 2. The summed E-state index contributed by atoms with van der Waals surface area (Å²) in [4.78, 5) is 11.9. The van der Waals surface area contributed by atoms with Crippen molar-refractivity contribution in [1.29, 1.82) is 0 Å². The molecule has 0 aliphatic carbocycles. The third-order valence-electron chi connectivity index (χ3n) is 4.01. The van der Waals surface area contributed by atoms with Crippen LogP contribution in [-0.2, 0) is 21.2 Å². The summed E-state index contributed by atoms with van der Waals surface area (Å²) in [5.41, 5.74) is 0.783. The number of hydrogen-bond acceptors (Lipinski definition) is 6. The van der Waals surface area contributed by atoms with Crippen molar-refractivity contribution in [3.05, 3.63) is 48.0 Å². The Balaban J connectivity index is 1.80. The van der Waals surface area contributed by atoms with Crippen LogP contribution in [0.5, 0.6) is 17.2 Å². The molecule has 2 rings (SSSR count). The number of carbonyl (C=O) groups excluding carboxylic acids is 1. The Kier molecular flexibility index (Phi) is 8.29. The molecule has 0 bridgehead atoms. The number of nitrogens with two attached hydrogens (primary N) is 1. The normalized spacial score (nSPS) is 11.0. The van der Waals surface area contributed by atoms with Crippen molar-refractivity contribution in [2.75, 3.05) is 26.9 Å². The fraction of sp³-hybridized carbons (Fsp3) is 0.350. The van der Waals surface area contributed by atoms with E-state index < -0.39 is 10.0 Å². The number of amides is 1. The molecular weight excluding hydrogens is 396 g/mol. The van der Waals surface area contributed by atoms with E-state index in [0.717, 1.165) is 5.56 Å². The number of methoxy groups -OCH3 is 1. The van der Waals surface area contributed by atoms with Crippen LogP contribution in [0.3, 0.4) is 0 Å². The summed E-state index contributed by atoms with van der Waals surface area (Å²) in [5.74, 6) is 1.05. The number of aryl methyl sites for hydroxylation is 1. The minimum atomic E-state index is -3.88. The van der Waals surface area contributed by atoms with Gasteiger partial charge in [-0.2, -0.15) is 0 Å². The van der Waals surface area contributed by atoms with E-state index in [1.165, 1.54) is 13.2 Å². The van der Waals surface area contributed by atoms with Crippen LogP contribution in [0.1, 0.15) is 18.9 Å². The smallest absolute Gasteiger partial charge is 0.257 e. The van der Waals surface area contributed by atoms with Gasteiger partial charge in [-0.3, -0.25) is 4.79 Å². The number of hydrogen-bond donors (Lipinski definition) is 2. The average molecular weight is 423 g/mol. The third-order valence-corrected chi connectivity index (χ3v) is 4.94. The van der Waals surface area contributed by atoms with Gasteiger partial charge in [-0.05, 0) is 49.6 Å². The Morgan fingerprint density at radius 3 is 2.38 bits per heavy atom. The molecule has 0 spiro atoms. The van der Waals surface area contributed by atoms with Crippen LogP contribution in [0, 0.1) is 0 Å². The molecule has 3 N–H and O–H groups in total. The van der Waals surface area contributed by atoms with Gasteiger partial charge in [0.2, 0.25) is 10.0 Å². The lowest BCUT2D eigenvalue weighted by atomic mass is 10.1. The Morgan fingerprint density at radius 2 is 1.76 bits per heavy atom. The zero-order valence-corrected chi connectivity index (χ0v) is 17.3. The molecule has 0 saturated heterocycles. The molecule has 0 aliphatic rings. The Morgan fingerprint density at radius 1 is 1.07 bits per heavy atom. The predicted molar refractivity (Wildman–Crippen MR) is 109 cm³/mol. The molecule has 2 aromatic carbocycles. The second-order valence-electron chi connectivity index (χ2n) is 6.15. The van der Waals surface area contributed by atoms with Crippen LogP contribution in [-0.4, -0.2) is 41.2 Å². The van der Waals surface area contributed by atoms with E-state index in [2.05, 4.69) is 5.32 Å². The van der Waals surface area contributed by atoms with Crippen LogP contribution in [0.2, 0.25) is 0 Å². The van der Waals surface area contributed by atoms with Crippen molar-refractivity contribution in [3.8, 4) is 17.2 Å². The standard InChI is InChI=1S/C20H26N2O6S/c1-3-27-16-8-4-5-9-17(16)28-14-20(23)22-12-6-7-15-10-11-18(26-2)19(13-15)29(21,24)25/h4-5,8-11,13H,3,6-7,12,14H2,1-2H3,(H,22,23)(H2,21,24,25). The molecule has 0 saturated carbocycles. The van der Waals surface area contributed by atoms with Crippen LogP contribution in [0.25, 0.3) is 0 Å². The predicted octanol–water partition coefficient (Wildman–Crippen LogP) is 1.87. The number of primary sulfonamides is 1. The molecule has 0 unspecified atom stereocenters. The van der Waals surface area contributed by atoms with E-state index in [0.29, 0.717) is 37.5 Å². The van der Waals surface area contributed by atoms with E-state index in [9.17, 15) is 13.2 Å². The molecule has 0 aromatic heterocycles. The van der Waals surface area contributed by atoms with Crippen molar-refractivity contribution in [2.24, 2.45) is 5.14 Å². The third kappa shape index (κ3) is 6.95. The van der Waals surface area contributed by atoms with E-state index in [1.807, 2.05) is 13.0 Å². The van der Waals surface area contributed by atoms with Gasteiger partial charge < -0.3 is 19.5 Å². The maximum absolute atomic E-state index is 12.0. The summed E-state index contributed by atoms with van der Waals surface area (Å²) in [6, 6.07) is 12.0. The number of nitrogens with one attached hydrogen (secondary N) is 1. The second kappa shape index (κ2) is 10.7. The molecule has 158 valence electrons. The number of rotatable bonds is 11. The van der Waals surface area contributed by atoms with E-state index in [-0.39, 0.29) is 23.2 Å². The highest BCUT2D eigenvalue weighted by molar-refractivity contribution is 7.89. The summed E-state index contributed by atoms with van der Waals surface area (Å²) < 4.78 is 39.3. The molecule has 0 fully saturated rings. The van der Waals surface area contributed by atoms with Gasteiger partial charge in [-0.1, -0.05) is 18.2 Å². The molecule has 0 radical (unpaired) electrons. The average Bonchev–Trinajstić information content (AvgIpc) is 2.70. The molecule has 8 nitrogen and oxygen atoms in total. The van der Waals surface area contributed by atoms with E-state index >= 15 is 0 Å². The largest absolute Gasteiger partial charge is 0.495 e. The van der Waals surface area contributed by atoms with Crippen molar-refractivity contribution < 1.29 is 27.4 Å². The first-order valence-corrected chi connectivity index (χ1v) is 10.7. The highest BCUT2D eigenvalue weighted by Gasteiger charge is 2.15. The quantitative estimate of drug-likeness (QED) is 0.534. The zero-order chi connectivity index (χ0) is 21.3.